The second-order valence-electron chi connectivity index (χ2n) is 9.63. The Morgan fingerprint density at radius 2 is 1.89 bits per heavy atom. The SMILES string of the molecule is COc1cc(C)c2[nH]ccc2c1CN1CCN(CC(CCF)CCF)C[C@H]1c1ccc(C(=O)O)cc1. The van der Waals surface area contributed by atoms with E-state index < -0.39 is 19.3 Å². The number of hydrogen-bond acceptors (Lipinski definition) is 4. The zero-order valence-electron chi connectivity index (χ0n) is 21.0. The summed E-state index contributed by atoms with van der Waals surface area (Å²) in [6, 6.07) is 11.2. The molecule has 36 heavy (non-hydrogen) atoms. The Hall–Kier alpha value is -2.97. The Kier molecular flexibility index (Phi) is 8.59. The van der Waals surface area contributed by atoms with E-state index in [9.17, 15) is 18.7 Å². The van der Waals surface area contributed by atoms with Gasteiger partial charge in [-0.3, -0.25) is 18.6 Å². The average molecular weight is 500 g/mol. The van der Waals surface area contributed by atoms with Gasteiger partial charge in [0.05, 0.1) is 26.0 Å². The number of carboxylic acid groups (broad SMARTS) is 1. The summed E-state index contributed by atoms with van der Waals surface area (Å²) in [6.07, 6.45) is 2.68. The number of nitrogens with one attached hydrogen (secondary N) is 1. The predicted molar refractivity (Wildman–Crippen MR) is 137 cm³/mol. The lowest BCUT2D eigenvalue weighted by Crippen LogP contribution is -2.49. The smallest absolute Gasteiger partial charge is 0.335 e. The van der Waals surface area contributed by atoms with E-state index in [0.29, 0.717) is 32.5 Å². The molecule has 0 spiro atoms. The second kappa shape index (κ2) is 11.8. The van der Waals surface area contributed by atoms with Crippen molar-refractivity contribution in [2.75, 3.05) is 46.6 Å². The van der Waals surface area contributed by atoms with Crippen LogP contribution in [-0.4, -0.2) is 72.5 Å². The van der Waals surface area contributed by atoms with Crippen LogP contribution in [0.2, 0.25) is 0 Å². The van der Waals surface area contributed by atoms with Gasteiger partial charge in [0.1, 0.15) is 5.75 Å². The summed E-state index contributed by atoms with van der Waals surface area (Å²) < 4.78 is 31.9. The average Bonchev–Trinajstić information content (AvgIpc) is 3.37. The Bertz CT molecular complexity index is 1160. The first-order valence-corrected chi connectivity index (χ1v) is 12.5. The molecule has 1 aromatic heterocycles. The molecule has 0 saturated carbocycles. The maximum Gasteiger partial charge on any atom is 0.335 e. The van der Waals surface area contributed by atoms with Gasteiger partial charge >= 0.3 is 5.97 Å². The molecular formula is C28H35F2N3O3. The Balaban J connectivity index is 1.64. The summed E-state index contributed by atoms with van der Waals surface area (Å²) in [6.45, 7) is 4.76. The van der Waals surface area contributed by atoms with Crippen LogP contribution in [-0.2, 0) is 6.54 Å². The first-order valence-electron chi connectivity index (χ1n) is 12.5. The largest absolute Gasteiger partial charge is 0.496 e. The number of H-pyrrole nitrogens is 1. The van der Waals surface area contributed by atoms with Gasteiger partial charge < -0.3 is 14.8 Å². The number of carbonyl (C=O) groups is 1. The molecule has 1 aliphatic rings. The molecule has 2 N–H and O–H groups in total. The molecule has 2 heterocycles. The molecule has 1 atom stereocenters. The molecule has 194 valence electrons. The highest BCUT2D eigenvalue weighted by Gasteiger charge is 2.31. The molecule has 0 aliphatic carbocycles. The molecule has 6 nitrogen and oxygen atoms in total. The van der Waals surface area contributed by atoms with Gasteiger partial charge in [-0.25, -0.2) is 4.79 Å². The van der Waals surface area contributed by atoms with Gasteiger partial charge in [-0.2, -0.15) is 0 Å². The molecule has 4 rings (SSSR count). The number of rotatable bonds is 11. The van der Waals surface area contributed by atoms with Crippen molar-refractivity contribution < 1.29 is 23.4 Å². The van der Waals surface area contributed by atoms with Crippen molar-refractivity contribution in [1.29, 1.82) is 0 Å². The van der Waals surface area contributed by atoms with Crippen LogP contribution in [0.3, 0.4) is 0 Å². The molecule has 1 fully saturated rings. The van der Waals surface area contributed by atoms with Crippen molar-refractivity contribution in [3.63, 3.8) is 0 Å². The van der Waals surface area contributed by atoms with Crippen LogP contribution in [0.5, 0.6) is 5.75 Å². The normalized spacial score (nSPS) is 17.2. The van der Waals surface area contributed by atoms with Gasteiger partial charge in [0.2, 0.25) is 0 Å². The number of piperazine rings is 1. The summed E-state index contributed by atoms with van der Waals surface area (Å²) in [4.78, 5) is 19.4. The number of fused-ring (bicyclic) bond motifs is 1. The molecule has 8 heteroatoms. The first-order chi connectivity index (χ1) is 17.4. The second-order valence-corrected chi connectivity index (χ2v) is 9.63. The van der Waals surface area contributed by atoms with E-state index in [1.54, 1.807) is 19.2 Å². The lowest BCUT2D eigenvalue weighted by atomic mass is 9.96. The Labute approximate surface area is 210 Å². The van der Waals surface area contributed by atoms with Gasteiger partial charge in [0.25, 0.3) is 0 Å². The maximum atomic E-state index is 13.1. The summed E-state index contributed by atoms with van der Waals surface area (Å²) in [7, 11) is 1.69. The lowest BCUT2D eigenvalue weighted by Gasteiger charge is -2.43. The molecule has 0 bridgehead atoms. The molecule has 0 amide bonds. The number of halogens is 2. The van der Waals surface area contributed by atoms with E-state index in [2.05, 4.69) is 33.8 Å². The third kappa shape index (κ3) is 5.71. The van der Waals surface area contributed by atoms with E-state index in [1.165, 1.54) is 0 Å². The van der Waals surface area contributed by atoms with E-state index in [-0.39, 0.29) is 17.5 Å². The van der Waals surface area contributed by atoms with Crippen LogP contribution in [0.15, 0.2) is 42.6 Å². The van der Waals surface area contributed by atoms with Crippen LogP contribution < -0.4 is 4.74 Å². The van der Waals surface area contributed by atoms with Gasteiger partial charge in [0.15, 0.2) is 0 Å². The van der Waals surface area contributed by atoms with E-state index >= 15 is 0 Å². The van der Waals surface area contributed by atoms with Crippen molar-refractivity contribution in [2.45, 2.75) is 32.4 Å². The summed E-state index contributed by atoms with van der Waals surface area (Å²) in [5.74, 6) is -0.130. The monoisotopic (exact) mass is 499 g/mol. The minimum Gasteiger partial charge on any atom is -0.496 e. The number of alkyl halides is 2. The van der Waals surface area contributed by atoms with Gasteiger partial charge in [-0.05, 0) is 61.1 Å². The molecule has 0 radical (unpaired) electrons. The van der Waals surface area contributed by atoms with Crippen LogP contribution in [0.1, 0.15) is 45.9 Å². The number of nitrogens with zero attached hydrogens (tertiary/aromatic N) is 2. The third-order valence-corrected chi connectivity index (χ3v) is 7.36. The molecule has 1 aliphatic heterocycles. The van der Waals surface area contributed by atoms with Crippen LogP contribution in [0.25, 0.3) is 10.9 Å². The van der Waals surface area contributed by atoms with Crippen LogP contribution in [0.4, 0.5) is 8.78 Å². The minimum absolute atomic E-state index is 0.00185. The van der Waals surface area contributed by atoms with Gasteiger partial charge in [0, 0.05) is 61.4 Å². The predicted octanol–water partition coefficient (Wildman–Crippen LogP) is 5.38. The molecule has 3 aromatic rings. The number of carboxylic acids is 1. The topological polar surface area (TPSA) is 68.8 Å². The van der Waals surface area contributed by atoms with Crippen molar-refractivity contribution in [2.24, 2.45) is 5.92 Å². The number of aryl methyl sites for hydroxylation is 1. The number of benzene rings is 2. The number of methoxy groups -OCH3 is 1. The lowest BCUT2D eigenvalue weighted by molar-refractivity contribution is 0.0550. The van der Waals surface area contributed by atoms with Crippen LogP contribution in [0, 0.1) is 12.8 Å². The summed E-state index contributed by atoms with van der Waals surface area (Å²) in [5.41, 5.74) is 4.58. The highest BCUT2D eigenvalue weighted by molar-refractivity contribution is 5.88. The standard InChI is InChI=1S/C28H35F2N3O3/c1-19-15-26(36-2)24(23-9-12-31-27(19)23)17-33-14-13-32(16-20(7-10-29)8-11-30)18-25(33)21-3-5-22(6-4-21)28(34)35/h3-6,9,12,15,20,25,31H,7-8,10-11,13-14,16-18H2,1-2H3,(H,34,35)/t25-/m0/s1. The molecule has 0 unspecified atom stereocenters. The van der Waals surface area contributed by atoms with Crippen molar-refractivity contribution in [3.05, 3.63) is 64.8 Å². The summed E-state index contributed by atoms with van der Waals surface area (Å²) >= 11 is 0. The van der Waals surface area contributed by atoms with E-state index in [4.69, 9.17) is 4.74 Å². The number of aromatic nitrogens is 1. The number of hydrogen-bond donors (Lipinski definition) is 2. The highest BCUT2D eigenvalue weighted by Crippen LogP contribution is 2.35. The minimum atomic E-state index is -0.955. The van der Waals surface area contributed by atoms with Gasteiger partial charge in [-0.15, -0.1) is 0 Å². The van der Waals surface area contributed by atoms with Gasteiger partial charge in [-0.1, -0.05) is 12.1 Å². The number of aromatic amines is 1. The van der Waals surface area contributed by atoms with E-state index in [1.807, 2.05) is 18.3 Å². The summed E-state index contributed by atoms with van der Waals surface area (Å²) in [5, 5.41) is 10.5. The molecule has 2 aromatic carbocycles. The Morgan fingerprint density at radius 3 is 2.53 bits per heavy atom. The van der Waals surface area contributed by atoms with Crippen LogP contribution >= 0.6 is 0 Å². The fourth-order valence-corrected chi connectivity index (χ4v) is 5.38. The quantitative estimate of drug-likeness (QED) is 0.371. The zero-order chi connectivity index (χ0) is 25.7. The molecular weight excluding hydrogens is 464 g/mol. The number of aromatic carboxylic acids is 1. The Morgan fingerprint density at radius 1 is 1.17 bits per heavy atom. The molecule has 1 saturated heterocycles. The van der Waals surface area contributed by atoms with Crippen molar-refractivity contribution >= 4 is 16.9 Å². The first kappa shape index (κ1) is 26.1. The van der Waals surface area contributed by atoms with Crippen molar-refractivity contribution in [1.82, 2.24) is 14.8 Å². The highest BCUT2D eigenvalue weighted by atomic mass is 19.1. The maximum absolute atomic E-state index is 13.1. The fourth-order valence-electron chi connectivity index (χ4n) is 5.38. The van der Waals surface area contributed by atoms with Crippen molar-refractivity contribution in [3.8, 4) is 5.75 Å². The third-order valence-electron chi connectivity index (χ3n) is 7.36. The zero-order valence-corrected chi connectivity index (χ0v) is 21.0. The van der Waals surface area contributed by atoms with E-state index in [0.717, 1.165) is 46.4 Å². The number of ether oxygens (including phenoxy) is 1. The fraction of sp³-hybridized carbons (Fsp3) is 0.464.